The first-order chi connectivity index (χ1) is 7.91. The SMILES string of the molecule is CCC1(CC)CN(CCOC(C)(C)C)CCN1. The second kappa shape index (κ2) is 6.17. The van der Waals surface area contributed by atoms with E-state index >= 15 is 0 Å². The van der Waals surface area contributed by atoms with Crippen molar-refractivity contribution in [3.05, 3.63) is 0 Å². The van der Waals surface area contributed by atoms with Crippen molar-refractivity contribution in [3.63, 3.8) is 0 Å². The Balaban J connectivity index is 2.35. The number of rotatable bonds is 5. The maximum atomic E-state index is 5.81. The molecule has 1 heterocycles. The van der Waals surface area contributed by atoms with E-state index in [0.29, 0.717) is 5.54 Å². The van der Waals surface area contributed by atoms with Crippen molar-refractivity contribution in [2.75, 3.05) is 32.8 Å². The van der Waals surface area contributed by atoms with Gasteiger partial charge in [0.05, 0.1) is 12.2 Å². The van der Waals surface area contributed by atoms with Gasteiger partial charge in [0.15, 0.2) is 0 Å². The van der Waals surface area contributed by atoms with Crippen LogP contribution in [0, 0.1) is 0 Å². The molecule has 0 saturated carbocycles. The molecule has 1 fully saturated rings. The number of nitrogens with zero attached hydrogens (tertiary/aromatic N) is 1. The molecule has 3 heteroatoms. The van der Waals surface area contributed by atoms with E-state index in [-0.39, 0.29) is 5.60 Å². The smallest absolute Gasteiger partial charge is 0.0600 e. The van der Waals surface area contributed by atoms with Crippen LogP contribution in [-0.2, 0) is 4.74 Å². The molecule has 1 aliphatic rings. The molecule has 1 rings (SSSR count). The van der Waals surface area contributed by atoms with E-state index in [1.54, 1.807) is 0 Å². The molecule has 17 heavy (non-hydrogen) atoms. The molecule has 3 nitrogen and oxygen atoms in total. The third-order valence-electron chi connectivity index (χ3n) is 3.75. The minimum absolute atomic E-state index is 0.0133. The van der Waals surface area contributed by atoms with Gasteiger partial charge in [0.25, 0.3) is 0 Å². The lowest BCUT2D eigenvalue weighted by Crippen LogP contribution is -2.60. The molecule has 0 aromatic carbocycles. The van der Waals surface area contributed by atoms with E-state index in [9.17, 15) is 0 Å². The van der Waals surface area contributed by atoms with Crippen molar-refractivity contribution in [2.24, 2.45) is 0 Å². The van der Waals surface area contributed by atoms with Gasteiger partial charge in [-0.15, -0.1) is 0 Å². The van der Waals surface area contributed by atoms with Crippen LogP contribution >= 0.6 is 0 Å². The second-order valence-corrected chi connectivity index (χ2v) is 6.15. The first kappa shape index (κ1) is 14.9. The number of ether oxygens (including phenoxy) is 1. The van der Waals surface area contributed by atoms with Gasteiger partial charge >= 0.3 is 0 Å². The van der Waals surface area contributed by atoms with E-state index < -0.39 is 0 Å². The van der Waals surface area contributed by atoms with Gasteiger partial charge < -0.3 is 10.1 Å². The molecule has 0 unspecified atom stereocenters. The van der Waals surface area contributed by atoms with Gasteiger partial charge in [0, 0.05) is 31.7 Å². The molecule has 0 spiro atoms. The third kappa shape index (κ3) is 4.94. The third-order valence-corrected chi connectivity index (χ3v) is 3.75. The molecule has 1 N–H and O–H groups in total. The fourth-order valence-corrected chi connectivity index (χ4v) is 2.44. The molecule has 0 bridgehead atoms. The Kier molecular flexibility index (Phi) is 5.42. The Morgan fingerprint density at radius 2 is 1.88 bits per heavy atom. The highest BCUT2D eigenvalue weighted by atomic mass is 16.5. The van der Waals surface area contributed by atoms with Crippen molar-refractivity contribution in [1.29, 1.82) is 0 Å². The Morgan fingerprint density at radius 3 is 2.41 bits per heavy atom. The van der Waals surface area contributed by atoms with Crippen molar-refractivity contribution in [1.82, 2.24) is 10.2 Å². The quantitative estimate of drug-likeness (QED) is 0.800. The van der Waals surface area contributed by atoms with Crippen LogP contribution < -0.4 is 5.32 Å². The van der Waals surface area contributed by atoms with E-state index in [1.807, 2.05) is 0 Å². The lowest BCUT2D eigenvalue weighted by molar-refractivity contribution is -0.0193. The molecule has 0 aliphatic carbocycles. The number of hydrogen-bond acceptors (Lipinski definition) is 3. The molecular formula is C14H30N2O. The van der Waals surface area contributed by atoms with Crippen LogP contribution in [0.15, 0.2) is 0 Å². The zero-order chi connectivity index (χ0) is 12.9. The number of hydrogen-bond donors (Lipinski definition) is 1. The van der Waals surface area contributed by atoms with Gasteiger partial charge in [-0.25, -0.2) is 0 Å². The Hall–Kier alpha value is -0.120. The molecule has 1 aliphatic heterocycles. The highest BCUT2D eigenvalue weighted by Gasteiger charge is 2.31. The molecular weight excluding hydrogens is 212 g/mol. The largest absolute Gasteiger partial charge is 0.375 e. The Morgan fingerprint density at radius 1 is 1.24 bits per heavy atom. The van der Waals surface area contributed by atoms with E-state index in [4.69, 9.17) is 4.74 Å². The van der Waals surface area contributed by atoms with Crippen LogP contribution in [0.2, 0.25) is 0 Å². The Labute approximate surface area is 107 Å². The predicted octanol–water partition coefficient (Wildman–Crippen LogP) is 2.27. The van der Waals surface area contributed by atoms with E-state index in [2.05, 4.69) is 44.8 Å². The summed E-state index contributed by atoms with van der Waals surface area (Å²) < 4.78 is 5.81. The summed E-state index contributed by atoms with van der Waals surface area (Å²) in [6.45, 7) is 16.2. The summed E-state index contributed by atoms with van der Waals surface area (Å²) in [4.78, 5) is 2.54. The molecule has 0 aromatic rings. The van der Waals surface area contributed by atoms with Gasteiger partial charge in [-0.2, -0.15) is 0 Å². The fourth-order valence-electron chi connectivity index (χ4n) is 2.44. The number of piperazine rings is 1. The van der Waals surface area contributed by atoms with Gasteiger partial charge in [0.2, 0.25) is 0 Å². The monoisotopic (exact) mass is 242 g/mol. The summed E-state index contributed by atoms with van der Waals surface area (Å²) >= 11 is 0. The molecule has 0 aromatic heterocycles. The summed E-state index contributed by atoms with van der Waals surface area (Å²) in [5, 5.41) is 3.69. The fraction of sp³-hybridized carbons (Fsp3) is 1.00. The molecule has 0 amide bonds. The normalized spacial score (nSPS) is 21.7. The van der Waals surface area contributed by atoms with Crippen LogP contribution in [0.4, 0.5) is 0 Å². The van der Waals surface area contributed by atoms with Crippen LogP contribution in [0.1, 0.15) is 47.5 Å². The first-order valence-electron chi connectivity index (χ1n) is 7.02. The van der Waals surface area contributed by atoms with E-state index in [0.717, 1.165) is 32.8 Å². The molecule has 0 atom stereocenters. The van der Waals surface area contributed by atoms with Crippen molar-refractivity contribution in [3.8, 4) is 0 Å². The predicted molar refractivity (Wildman–Crippen MR) is 73.5 cm³/mol. The Bertz CT molecular complexity index is 219. The van der Waals surface area contributed by atoms with Gasteiger partial charge in [-0.1, -0.05) is 13.8 Å². The van der Waals surface area contributed by atoms with Gasteiger partial charge in [-0.3, -0.25) is 4.90 Å². The lowest BCUT2D eigenvalue weighted by atomic mass is 9.90. The standard InChI is InChI=1S/C14H30N2O/c1-6-14(7-2)12-16(9-8-15-14)10-11-17-13(3,4)5/h15H,6-12H2,1-5H3. The molecule has 0 radical (unpaired) electrons. The highest BCUT2D eigenvalue weighted by molar-refractivity contribution is 4.92. The zero-order valence-electron chi connectivity index (χ0n) is 12.3. The van der Waals surface area contributed by atoms with Crippen molar-refractivity contribution in [2.45, 2.75) is 58.6 Å². The maximum Gasteiger partial charge on any atom is 0.0600 e. The minimum Gasteiger partial charge on any atom is -0.375 e. The van der Waals surface area contributed by atoms with Crippen LogP contribution in [-0.4, -0.2) is 48.8 Å². The van der Waals surface area contributed by atoms with Crippen molar-refractivity contribution >= 4 is 0 Å². The van der Waals surface area contributed by atoms with Crippen LogP contribution in [0.5, 0.6) is 0 Å². The van der Waals surface area contributed by atoms with Crippen molar-refractivity contribution < 1.29 is 4.74 Å². The van der Waals surface area contributed by atoms with Crippen LogP contribution in [0.3, 0.4) is 0 Å². The lowest BCUT2D eigenvalue weighted by Gasteiger charge is -2.43. The van der Waals surface area contributed by atoms with E-state index in [1.165, 1.54) is 12.8 Å². The maximum absolute atomic E-state index is 5.81. The summed E-state index contributed by atoms with van der Waals surface area (Å²) in [7, 11) is 0. The average molecular weight is 242 g/mol. The average Bonchev–Trinajstić information content (AvgIpc) is 2.27. The van der Waals surface area contributed by atoms with Crippen LogP contribution in [0.25, 0.3) is 0 Å². The molecule has 1 saturated heterocycles. The summed E-state index contributed by atoms with van der Waals surface area (Å²) in [6, 6.07) is 0. The summed E-state index contributed by atoms with van der Waals surface area (Å²) in [5.74, 6) is 0. The summed E-state index contributed by atoms with van der Waals surface area (Å²) in [6.07, 6.45) is 2.42. The molecule has 102 valence electrons. The minimum atomic E-state index is -0.0133. The topological polar surface area (TPSA) is 24.5 Å². The number of nitrogens with one attached hydrogen (secondary N) is 1. The zero-order valence-corrected chi connectivity index (χ0v) is 12.3. The first-order valence-corrected chi connectivity index (χ1v) is 7.02. The highest BCUT2D eigenvalue weighted by Crippen LogP contribution is 2.19. The summed E-state index contributed by atoms with van der Waals surface area (Å²) in [5.41, 5.74) is 0.320. The van der Waals surface area contributed by atoms with Gasteiger partial charge in [-0.05, 0) is 33.6 Å². The second-order valence-electron chi connectivity index (χ2n) is 6.15. The van der Waals surface area contributed by atoms with Gasteiger partial charge in [0.1, 0.15) is 0 Å².